The molecule has 0 atom stereocenters. The lowest BCUT2D eigenvalue weighted by molar-refractivity contribution is -1.48. The molecule has 0 bridgehead atoms. The van der Waals surface area contributed by atoms with Gasteiger partial charge in [0.2, 0.25) is 5.14 Å². The molecule has 6 heteroatoms. The first-order chi connectivity index (χ1) is 2.00. The maximum absolute atomic E-state index is 7.12. The van der Waals surface area contributed by atoms with Gasteiger partial charge < -0.3 is 12.4 Å². The summed E-state index contributed by atoms with van der Waals surface area (Å²) < 4.78 is 0. The third kappa shape index (κ3) is 4820. The Kier molecular flexibility index (Phi) is 3.61. The fraction of sp³-hybridized carbons (Fsp3) is 0. The molecular weight excluding hydrogens is 113 g/mol. The highest BCUT2D eigenvalue weighted by atomic mass is 35.5. The Bertz CT molecular complexity index is 23.0. The van der Waals surface area contributed by atoms with Crippen LogP contribution in [-0.2, 0) is 0 Å². The van der Waals surface area contributed by atoms with Crippen LogP contribution >= 0.6 is 0 Å². The van der Waals surface area contributed by atoms with Crippen molar-refractivity contribution in [3.63, 3.8) is 0 Å². The molecule has 0 aliphatic carbocycles. The number of hydrogen-bond acceptors (Lipinski definition) is 4. The lowest BCUT2D eigenvalue weighted by Crippen LogP contribution is -3.00. The van der Waals surface area contributed by atoms with Gasteiger partial charge in [0.05, 0.1) is 0 Å². The van der Waals surface area contributed by atoms with E-state index in [0.717, 1.165) is 0 Å². The minimum absolute atomic E-state index is 0. The molecule has 6 heavy (non-hydrogen) atoms. The minimum atomic E-state index is -3.00. The summed E-state index contributed by atoms with van der Waals surface area (Å²) in [7, 11) is 0. The van der Waals surface area contributed by atoms with Gasteiger partial charge in [-0.2, -0.15) is 0 Å². The first-order valence-electron chi connectivity index (χ1n) is 0.800. The standard InChI is InChI=1S/ClH.H4NO4/c;2-1(3,4)5/h1H;2-5H/q;+1/p-1. The van der Waals surface area contributed by atoms with E-state index < -0.39 is 5.14 Å². The fourth-order valence-corrected chi connectivity index (χ4v) is 0. The van der Waals surface area contributed by atoms with Crippen molar-refractivity contribution in [2.75, 3.05) is 0 Å². The van der Waals surface area contributed by atoms with Crippen LogP contribution in [0.15, 0.2) is 0 Å². The molecule has 0 amide bonds. The summed E-state index contributed by atoms with van der Waals surface area (Å²) in [5.74, 6) is 0. The van der Waals surface area contributed by atoms with E-state index in [9.17, 15) is 0 Å². The third-order valence-electron chi connectivity index (χ3n) is 0. The van der Waals surface area contributed by atoms with Gasteiger partial charge >= 0.3 is 0 Å². The van der Waals surface area contributed by atoms with Crippen molar-refractivity contribution < 1.29 is 38.4 Å². The van der Waals surface area contributed by atoms with E-state index in [-0.39, 0.29) is 12.4 Å². The molecule has 0 aromatic heterocycles. The monoisotopic (exact) mass is 117 g/mol. The average Bonchev–Trinajstić information content (AvgIpc) is 0.722. The van der Waals surface area contributed by atoms with Crippen molar-refractivity contribution in [1.29, 1.82) is 0 Å². The van der Waals surface area contributed by atoms with Crippen LogP contribution in [0.1, 0.15) is 0 Å². The van der Waals surface area contributed by atoms with E-state index >= 15 is 0 Å². The maximum atomic E-state index is 7.12. The van der Waals surface area contributed by atoms with E-state index in [2.05, 4.69) is 0 Å². The molecule has 5 nitrogen and oxygen atoms in total. The number of quaternary nitrogens is 1. The highest BCUT2D eigenvalue weighted by Crippen LogP contribution is 1.69. The molecule has 0 aliphatic heterocycles. The Morgan fingerprint density at radius 1 is 0.833 bits per heavy atom. The van der Waals surface area contributed by atoms with Gasteiger partial charge in [0, 0.05) is 0 Å². The van der Waals surface area contributed by atoms with Crippen molar-refractivity contribution in [3.05, 3.63) is 0 Å². The smallest absolute Gasteiger partial charge is 0.237 e. The van der Waals surface area contributed by atoms with E-state index in [1.165, 1.54) is 0 Å². The second kappa shape index (κ2) is 2.30. The van der Waals surface area contributed by atoms with Crippen LogP contribution < -0.4 is 12.4 Å². The second-order valence-electron chi connectivity index (χ2n) is 0.537. The molecule has 0 fully saturated rings. The second-order valence-corrected chi connectivity index (χ2v) is 0.537. The third-order valence-corrected chi connectivity index (χ3v) is 0. The van der Waals surface area contributed by atoms with Gasteiger partial charge in [0.15, 0.2) is 0 Å². The number of rotatable bonds is 0. The molecule has 4 N–H and O–H groups in total. The number of nitrogens with zero attached hydrogens (tertiary/aromatic N) is 1. The zero-order chi connectivity index (χ0) is 4.50. The summed E-state index contributed by atoms with van der Waals surface area (Å²) in [4.78, 5) is 0. The molecule has 0 aliphatic rings. The lowest BCUT2D eigenvalue weighted by Gasteiger charge is -1.94. The molecule has 0 unspecified atom stereocenters. The van der Waals surface area contributed by atoms with Gasteiger partial charge in [-0.05, 0) is 0 Å². The van der Waals surface area contributed by atoms with Crippen LogP contribution in [0.3, 0.4) is 0 Å². The molecular formula is H4ClNO4. The van der Waals surface area contributed by atoms with Crippen molar-refractivity contribution in [2.45, 2.75) is 0 Å². The predicted octanol–water partition coefficient (Wildman–Crippen LogP) is -3.64. The Balaban J connectivity index is 0. The molecule has 0 radical (unpaired) electrons. The van der Waals surface area contributed by atoms with Crippen LogP contribution in [-0.4, -0.2) is 26.0 Å². The topological polar surface area (TPSA) is 80.9 Å². The van der Waals surface area contributed by atoms with Crippen LogP contribution in [0.4, 0.5) is 0 Å². The van der Waals surface area contributed by atoms with Crippen LogP contribution in [0, 0.1) is 0 Å². The summed E-state index contributed by atoms with van der Waals surface area (Å²) in [6, 6.07) is 0. The number of hydrogen-bond donors (Lipinski definition) is 4. The fourth-order valence-electron chi connectivity index (χ4n) is 0. The zero-order valence-corrected chi connectivity index (χ0v) is 3.37. The summed E-state index contributed by atoms with van der Waals surface area (Å²) in [5, 5.41) is 25.5. The average molecular weight is 117 g/mol. The van der Waals surface area contributed by atoms with Gasteiger partial charge in [0.1, 0.15) is 0 Å². The van der Waals surface area contributed by atoms with Crippen molar-refractivity contribution in [1.82, 2.24) is 0 Å². The van der Waals surface area contributed by atoms with E-state index in [0.29, 0.717) is 0 Å². The Hall–Kier alpha value is 0.0900. The lowest BCUT2D eigenvalue weighted by atomic mass is 12.8. The van der Waals surface area contributed by atoms with Crippen molar-refractivity contribution >= 4 is 0 Å². The molecule has 0 rings (SSSR count). The van der Waals surface area contributed by atoms with Gasteiger partial charge in [-0.3, -0.25) is 0 Å². The van der Waals surface area contributed by atoms with Crippen LogP contribution in [0.5, 0.6) is 0 Å². The van der Waals surface area contributed by atoms with Gasteiger partial charge in [0.25, 0.3) is 0 Å². The van der Waals surface area contributed by atoms with Gasteiger partial charge in [-0.1, -0.05) is 0 Å². The van der Waals surface area contributed by atoms with Crippen LogP contribution in [0.25, 0.3) is 0 Å². The van der Waals surface area contributed by atoms with E-state index in [4.69, 9.17) is 20.8 Å². The van der Waals surface area contributed by atoms with E-state index in [1.807, 2.05) is 0 Å². The minimum Gasteiger partial charge on any atom is -1.00 e. The predicted molar refractivity (Wildman–Crippen MR) is 7.41 cm³/mol. The summed E-state index contributed by atoms with van der Waals surface area (Å²) in [6.45, 7) is 0. The molecule has 0 spiro atoms. The SMILES string of the molecule is O[N+](O)(O)O.[Cl-]. The summed E-state index contributed by atoms with van der Waals surface area (Å²) in [6.07, 6.45) is 0. The van der Waals surface area contributed by atoms with Crippen molar-refractivity contribution in [2.24, 2.45) is 0 Å². The van der Waals surface area contributed by atoms with Crippen molar-refractivity contribution in [3.8, 4) is 0 Å². The normalized spacial score (nSPS) is 10.0. The molecule has 0 heterocycles. The van der Waals surface area contributed by atoms with E-state index in [1.54, 1.807) is 0 Å². The maximum Gasteiger partial charge on any atom is 0.237 e. The quantitative estimate of drug-likeness (QED) is 0.195. The molecule has 0 aromatic rings. The van der Waals surface area contributed by atoms with Gasteiger partial charge in [-0.25, -0.2) is 0 Å². The number of halogens is 1. The zero-order valence-electron chi connectivity index (χ0n) is 2.61. The largest absolute Gasteiger partial charge is 1.00 e. The first kappa shape index (κ1) is 9.43. The highest BCUT2D eigenvalue weighted by molar-refractivity contribution is 2.56. The molecule has 0 saturated carbocycles. The molecule has 40 valence electrons. The Morgan fingerprint density at radius 3 is 0.833 bits per heavy atom. The summed E-state index contributed by atoms with van der Waals surface area (Å²) in [5.41, 5.74) is 0. The first-order valence-corrected chi connectivity index (χ1v) is 0.800. The van der Waals surface area contributed by atoms with Crippen LogP contribution in [0.2, 0.25) is 0 Å². The Morgan fingerprint density at radius 2 is 0.833 bits per heavy atom. The Labute approximate surface area is 39.5 Å². The molecule has 0 aromatic carbocycles. The summed E-state index contributed by atoms with van der Waals surface area (Å²) >= 11 is 0. The highest BCUT2D eigenvalue weighted by Gasteiger charge is 2.07. The molecule has 0 saturated heterocycles. The van der Waals surface area contributed by atoms with Gasteiger partial charge in [-0.15, -0.1) is 20.8 Å².